The van der Waals surface area contributed by atoms with Gasteiger partial charge >= 0.3 is 0 Å². The predicted octanol–water partition coefficient (Wildman–Crippen LogP) is 12.3. The highest BCUT2D eigenvalue weighted by Crippen LogP contribution is 2.21. The number of nitrogens with one attached hydrogen (secondary N) is 2. The number of amides is 1. The number of hydrogen-bond acceptors (Lipinski definition) is 2. The van der Waals surface area contributed by atoms with Gasteiger partial charge in [0.25, 0.3) is 0 Å². The van der Waals surface area contributed by atoms with E-state index in [1.165, 1.54) is 70.6 Å². The molecule has 0 heterocycles. The quantitative estimate of drug-likeness (QED) is 0.0647. The van der Waals surface area contributed by atoms with Crippen LogP contribution in [0, 0.1) is 0 Å². The van der Waals surface area contributed by atoms with E-state index in [4.69, 9.17) is 0 Å². The van der Waals surface area contributed by atoms with E-state index < -0.39 is 0 Å². The summed E-state index contributed by atoms with van der Waals surface area (Å²) in [5, 5.41) is 7.00. The maximum absolute atomic E-state index is 12.6. The van der Waals surface area contributed by atoms with Gasteiger partial charge in [-0.1, -0.05) is 132 Å². The van der Waals surface area contributed by atoms with Gasteiger partial charge in [-0.2, -0.15) is 0 Å². The maximum Gasteiger partial charge on any atom is 0.220 e. The normalized spacial score (nSPS) is 17.4. The van der Waals surface area contributed by atoms with Crippen molar-refractivity contribution in [2.24, 2.45) is 0 Å². The molecule has 0 aromatic carbocycles. The molecule has 0 bridgehead atoms. The highest BCUT2D eigenvalue weighted by molar-refractivity contribution is 5.76. The Bertz CT molecular complexity index is 818. The Morgan fingerprint density at radius 3 is 1.44 bits per heavy atom. The van der Waals surface area contributed by atoms with Crippen LogP contribution in [0.3, 0.4) is 0 Å². The second kappa shape index (κ2) is 31.4. The van der Waals surface area contributed by atoms with Crippen LogP contribution >= 0.6 is 0 Å². The van der Waals surface area contributed by atoms with Gasteiger partial charge in [-0.05, 0) is 103 Å². The van der Waals surface area contributed by atoms with E-state index in [1.54, 1.807) is 0 Å². The molecule has 1 rings (SSSR count). The topological polar surface area (TPSA) is 41.1 Å². The molecule has 1 fully saturated rings. The zero-order valence-corrected chi connectivity index (χ0v) is 29.5. The summed E-state index contributed by atoms with van der Waals surface area (Å²) in [6, 6.07) is 0.599. The van der Waals surface area contributed by atoms with Gasteiger partial charge in [0.2, 0.25) is 5.91 Å². The molecule has 3 nitrogen and oxygen atoms in total. The van der Waals surface area contributed by atoms with Gasteiger partial charge in [-0.15, -0.1) is 0 Å². The minimum absolute atomic E-state index is 0.228. The molecule has 0 aliphatic heterocycles. The van der Waals surface area contributed by atoms with E-state index in [2.05, 4.69) is 104 Å². The van der Waals surface area contributed by atoms with E-state index >= 15 is 0 Å². The fraction of sp³-hybridized carbons (Fsp3) is 0.643. The Balaban J connectivity index is 2.00. The fourth-order valence-corrected chi connectivity index (χ4v) is 5.78. The zero-order chi connectivity index (χ0) is 32.5. The van der Waals surface area contributed by atoms with E-state index in [1.807, 2.05) is 0 Å². The summed E-state index contributed by atoms with van der Waals surface area (Å²) in [6.45, 7) is 8.65. The van der Waals surface area contributed by atoms with E-state index in [0.717, 1.165) is 76.3 Å². The monoisotopic (exact) mass is 619 g/mol. The lowest BCUT2D eigenvalue weighted by Crippen LogP contribution is -2.46. The molecule has 1 amide bonds. The second-order valence-electron chi connectivity index (χ2n) is 12.7. The molecule has 0 saturated heterocycles. The third-order valence-electron chi connectivity index (χ3n) is 8.44. The molecule has 0 radical (unpaired) electrons. The Labute approximate surface area is 279 Å². The fourth-order valence-electron chi connectivity index (χ4n) is 5.78. The number of allylic oxidation sites excluding steroid dienone is 13. The summed E-state index contributed by atoms with van der Waals surface area (Å²) in [6.07, 6.45) is 53.3. The van der Waals surface area contributed by atoms with Crippen LogP contribution in [-0.2, 0) is 4.79 Å². The lowest BCUT2D eigenvalue weighted by Gasteiger charge is -2.24. The lowest BCUT2D eigenvalue weighted by molar-refractivity contribution is -0.122. The van der Waals surface area contributed by atoms with Crippen molar-refractivity contribution in [2.45, 2.75) is 174 Å². The van der Waals surface area contributed by atoms with Crippen LogP contribution in [-0.4, -0.2) is 18.0 Å². The van der Waals surface area contributed by atoms with Crippen molar-refractivity contribution in [2.75, 3.05) is 0 Å². The first-order valence-electron chi connectivity index (χ1n) is 18.8. The van der Waals surface area contributed by atoms with E-state index in [-0.39, 0.29) is 11.9 Å². The Hall–Kier alpha value is -2.55. The number of hydrogen-bond donors (Lipinski definition) is 2. The third-order valence-corrected chi connectivity index (χ3v) is 8.44. The molecule has 3 heteroatoms. The Morgan fingerprint density at radius 2 is 0.933 bits per heavy atom. The molecule has 1 aliphatic carbocycles. The molecule has 254 valence electrons. The summed E-state index contributed by atoms with van der Waals surface area (Å²) in [7, 11) is 0. The highest BCUT2D eigenvalue weighted by atomic mass is 16.1. The van der Waals surface area contributed by atoms with E-state index in [0.29, 0.717) is 12.5 Å². The molecule has 2 atom stereocenters. The third kappa shape index (κ3) is 26.4. The van der Waals surface area contributed by atoms with Crippen molar-refractivity contribution >= 4 is 5.91 Å². The van der Waals surface area contributed by atoms with Gasteiger partial charge in [0, 0.05) is 24.2 Å². The molecular weight excluding hydrogens is 548 g/mol. The largest absolute Gasteiger partial charge is 0.384 e. The van der Waals surface area contributed by atoms with Crippen LogP contribution in [0.1, 0.15) is 162 Å². The summed E-state index contributed by atoms with van der Waals surface area (Å²) in [5.41, 5.74) is 1.15. The molecule has 45 heavy (non-hydrogen) atoms. The van der Waals surface area contributed by atoms with Gasteiger partial charge in [-0.3, -0.25) is 4.79 Å². The lowest BCUT2D eigenvalue weighted by atomic mass is 10.1. The average Bonchev–Trinajstić information content (AvgIpc) is 3.46. The summed E-state index contributed by atoms with van der Waals surface area (Å²) in [5.74, 6) is 0.228. The highest BCUT2D eigenvalue weighted by Gasteiger charge is 2.28. The molecule has 1 aliphatic rings. The van der Waals surface area contributed by atoms with Crippen molar-refractivity contribution in [3.8, 4) is 0 Å². The van der Waals surface area contributed by atoms with Crippen LogP contribution in [0.4, 0.5) is 0 Å². The average molecular weight is 619 g/mol. The molecule has 0 aromatic heterocycles. The van der Waals surface area contributed by atoms with Gasteiger partial charge in [0.05, 0.1) is 0 Å². The first-order chi connectivity index (χ1) is 22.2. The Morgan fingerprint density at radius 1 is 0.533 bits per heavy atom. The van der Waals surface area contributed by atoms with Crippen molar-refractivity contribution in [3.63, 3.8) is 0 Å². The van der Waals surface area contributed by atoms with Gasteiger partial charge in [-0.25, -0.2) is 0 Å². The maximum atomic E-state index is 12.6. The molecule has 1 saturated carbocycles. The molecule has 0 unspecified atom stereocenters. The van der Waals surface area contributed by atoms with Crippen molar-refractivity contribution < 1.29 is 4.79 Å². The molecule has 0 spiro atoms. The number of carbonyl (C=O) groups is 1. The van der Waals surface area contributed by atoms with Crippen LogP contribution < -0.4 is 10.6 Å². The zero-order valence-electron chi connectivity index (χ0n) is 29.5. The minimum atomic E-state index is 0.228. The molecule has 0 aromatic rings. The van der Waals surface area contributed by atoms with Crippen LogP contribution in [0.15, 0.2) is 85.2 Å². The van der Waals surface area contributed by atoms with Gasteiger partial charge in [0.1, 0.15) is 0 Å². The smallest absolute Gasteiger partial charge is 0.220 e. The van der Waals surface area contributed by atoms with Crippen LogP contribution in [0.2, 0.25) is 0 Å². The summed E-state index contributed by atoms with van der Waals surface area (Å²) >= 11 is 0. The van der Waals surface area contributed by atoms with Crippen molar-refractivity contribution in [1.82, 2.24) is 10.6 Å². The van der Waals surface area contributed by atoms with E-state index in [9.17, 15) is 4.79 Å². The van der Waals surface area contributed by atoms with Crippen molar-refractivity contribution in [1.29, 1.82) is 0 Å². The van der Waals surface area contributed by atoms with Crippen LogP contribution in [0.5, 0.6) is 0 Å². The number of rotatable bonds is 29. The van der Waals surface area contributed by atoms with Gasteiger partial charge < -0.3 is 10.6 Å². The summed E-state index contributed by atoms with van der Waals surface area (Å²) < 4.78 is 0. The first-order valence-corrected chi connectivity index (χ1v) is 18.8. The van der Waals surface area contributed by atoms with Gasteiger partial charge in [0.15, 0.2) is 0 Å². The second-order valence-corrected chi connectivity index (χ2v) is 12.7. The molecular formula is C42H70N2O. The first kappa shape index (κ1) is 40.5. The SMILES string of the molecule is C=C(CCCCCCC/C=C\C/C=C\C/C=C\CC)N[C@@H]1CCC[C@@H]1NC(=O)CCCCCCC/C=C\C/C=C\C/C=C\CC. The standard InChI is InChI=1S/C42H70N2O/c1-4-6-8-10-12-14-16-18-20-22-24-26-28-30-32-35-39(3)43-40-36-34-37-41(40)44-42(45)38-33-31-29-27-25-23-21-19-17-15-13-11-9-7-5-2/h6-9,12-15,18-21,40-41,43H,3-5,10-11,16-17,22-38H2,1-2H3,(H,44,45)/b8-6-,9-7-,14-12-,15-13-,20-18-,21-19-/t40-,41+/m1/s1. The van der Waals surface area contributed by atoms with Crippen LogP contribution in [0.25, 0.3) is 0 Å². The van der Waals surface area contributed by atoms with Crippen molar-refractivity contribution in [3.05, 3.63) is 85.2 Å². The number of carbonyl (C=O) groups excluding carboxylic acids is 1. The minimum Gasteiger partial charge on any atom is -0.384 e. The summed E-state index contributed by atoms with van der Waals surface area (Å²) in [4.78, 5) is 12.6. The molecule has 2 N–H and O–H groups in total. The predicted molar refractivity (Wildman–Crippen MR) is 200 cm³/mol. The Kier molecular flexibility index (Phi) is 28.3. The number of unbranched alkanes of at least 4 members (excludes halogenated alkanes) is 10.